The molecular weight excluding hydrogens is 208 g/mol. The fraction of sp³-hybridized carbons (Fsp3) is 1.00. The Morgan fingerprint density at radius 2 is 2.00 bits per heavy atom. The number of unbranched alkanes of at least 4 members (excludes halogenated alkanes) is 1. The quantitative estimate of drug-likeness (QED) is 0.623. The third-order valence-electron chi connectivity index (χ3n) is 3.87. The average molecular weight is 233 g/mol. The fourth-order valence-corrected chi connectivity index (χ4v) is 3.04. The van der Waals surface area contributed by atoms with Crippen LogP contribution in [0.3, 0.4) is 0 Å². The number of rotatable bonds is 6. The van der Waals surface area contributed by atoms with Crippen LogP contribution < -0.4 is 0 Å². The standard InChI is InChI=1S/C13H25ClO/c1-3-4-5-12-6-8-13(10-14,9-7-12)11-15-2/h12H,3-11H2,1-2H3. The van der Waals surface area contributed by atoms with Crippen molar-refractivity contribution in [3.8, 4) is 0 Å². The molecule has 0 aromatic rings. The molecule has 0 N–H and O–H groups in total. The van der Waals surface area contributed by atoms with Crippen molar-refractivity contribution in [1.82, 2.24) is 0 Å². The van der Waals surface area contributed by atoms with Crippen molar-refractivity contribution < 1.29 is 4.74 Å². The van der Waals surface area contributed by atoms with Gasteiger partial charge in [0, 0.05) is 18.4 Å². The summed E-state index contributed by atoms with van der Waals surface area (Å²) in [5.74, 6) is 1.72. The smallest absolute Gasteiger partial charge is 0.0530 e. The Bertz CT molecular complexity index is 162. The van der Waals surface area contributed by atoms with Crippen LogP contribution in [0.15, 0.2) is 0 Å². The van der Waals surface area contributed by atoms with Gasteiger partial charge in [-0.1, -0.05) is 26.2 Å². The number of hydrogen-bond donors (Lipinski definition) is 0. The minimum atomic E-state index is 0.291. The highest BCUT2D eigenvalue weighted by Gasteiger charge is 2.34. The van der Waals surface area contributed by atoms with Crippen LogP contribution in [-0.4, -0.2) is 19.6 Å². The van der Waals surface area contributed by atoms with E-state index in [4.69, 9.17) is 16.3 Å². The minimum Gasteiger partial charge on any atom is -0.384 e. The minimum absolute atomic E-state index is 0.291. The SMILES string of the molecule is CCCCC1CCC(CCl)(COC)CC1. The maximum Gasteiger partial charge on any atom is 0.0530 e. The van der Waals surface area contributed by atoms with Crippen LogP contribution in [0.5, 0.6) is 0 Å². The van der Waals surface area contributed by atoms with Crippen molar-refractivity contribution in [3.05, 3.63) is 0 Å². The van der Waals surface area contributed by atoms with Crippen LogP contribution in [0.25, 0.3) is 0 Å². The predicted molar refractivity (Wildman–Crippen MR) is 66.5 cm³/mol. The molecule has 1 fully saturated rings. The topological polar surface area (TPSA) is 9.23 Å². The third kappa shape index (κ3) is 3.96. The van der Waals surface area contributed by atoms with E-state index in [1.54, 1.807) is 7.11 Å². The van der Waals surface area contributed by atoms with E-state index in [1.807, 2.05) is 0 Å². The Morgan fingerprint density at radius 3 is 2.47 bits per heavy atom. The number of ether oxygens (including phenoxy) is 1. The van der Waals surface area contributed by atoms with Crippen molar-refractivity contribution in [2.45, 2.75) is 51.9 Å². The van der Waals surface area contributed by atoms with E-state index in [2.05, 4.69) is 6.92 Å². The molecule has 0 unspecified atom stereocenters. The summed E-state index contributed by atoms with van der Waals surface area (Å²) in [6.07, 6.45) is 9.38. The summed E-state index contributed by atoms with van der Waals surface area (Å²) >= 11 is 6.09. The van der Waals surface area contributed by atoms with Crippen molar-refractivity contribution in [3.63, 3.8) is 0 Å². The molecule has 0 heterocycles. The van der Waals surface area contributed by atoms with Gasteiger partial charge in [-0.05, 0) is 31.6 Å². The van der Waals surface area contributed by atoms with Crippen molar-refractivity contribution in [1.29, 1.82) is 0 Å². The van der Waals surface area contributed by atoms with Crippen LogP contribution in [-0.2, 0) is 4.74 Å². The fourth-order valence-electron chi connectivity index (χ4n) is 2.69. The molecule has 1 rings (SSSR count). The second-order valence-corrected chi connectivity index (χ2v) is 5.42. The highest BCUT2D eigenvalue weighted by Crippen LogP contribution is 2.41. The van der Waals surface area contributed by atoms with E-state index < -0.39 is 0 Å². The first kappa shape index (κ1) is 13.3. The molecule has 0 aromatic carbocycles. The summed E-state index contributed by atoms with van der Waals surface area (Å²) in [7, 11) is 1.79. The zero-order chi connectivity index (χ0) is 11.1. The molecule has 0 saturated heterocycles. The van der Waals surface area contributed by atoms with E-state index in [9.17, 15) is 0 Å². The molecule has 90 valence electrons. The van der Waals surface area contributed by atoms with Gasteiger partial charge in [0.25, 0.3) is 0 Å². The van der Waals surface area contributed by atoms with Gasteiger partial charge in [0.1, 0.15) is 0 Å². The van der Waals surface area contributed by atoms with Gasteiger partial charge in [-0.25, -0.2) is 0 Å². The summed E-state index contributed by atoms with van der Waals surface area (Å²) in [4.78, 5) is 0. The first-order valence-corrected chi connectivity index (χ1v) is 6.84. The summed E-state index contributed by atoms with van der Waals surface area (Å²) in [5, 5.41) is 0. The molecule has 1 aliphatic rings. The van der Waals surface area contributed by atoms with E-state index >= 15 is 0 Å². The number of alkyl halides is 1. The monoisotopic (exact) mass is 232 g/mol. The van der Waals surface area contributed by atoms with Crippen LogP contribution in [0.2, 0.25) is 0 Å². The molecule has 0 aromatic heterocycles. The lowest BCUT2D eigenvalue weighted by molar-refractivity contribution is 0.0506. The van der Waals surface area contributed by atoms with Crippen LogP contribution >= 0.6 is 11.6 Å². The van der Waals surface area contributed by atoms with Crippen LogP contribution in [0.1, 0.15) is 51.9 Å². The Labute approximate surface area is 99.5 Å². The first-order valence-electron chi connectivity index (χ1n) is 6.31. The maximum absolute atomic E-state index is 6.09. The molecule has 0 atom stereocenters. The van der Waals surface area contributed by atoms with E-state index in [-0.39, 0.29) is 0 Å². The molecule has 1 aliphatic carbocycles. The van der Waals surface area contributed by atoms with Gasteiger partial charge in [-0.3, -0.25) is 0 Å². The Hall–Kier alpha value is 0.250. The normalized spacial score (nSPS) is 31.8. The number of methoxy groups -OCH3 is 1. The second-order valence-electron chi connectivity index (χ2n) is 5.15. The lowest BCUT2D eigenvalue weighted by atomic mass is 9.71. The summed E-state index contributed by atoms with van der Waals surface area (Å²) in [6, 6.07) is 0. The zero-order valence-electron chi connectivity index (χ0n) is 10.2. The molecule has 1 nitrogen and oxygen atoms in total. The average Bonchev–Trinajstić information content (AvgIpc) is 2.29. The third-order valence-corrected chi connectivity index (χ3v) is 4.43. The van der Waals surface area contributed by atoms with E-state index in [0.717, 1.165) is 18.4 Å². The van der Waals surface area contributed by atoms with Gasteiger partial charge in [0.2, 0.25) is 0 Å². The molecule has 0 bridgehead atoms. The largest absolute Gasteiger partial charge is 0.384 e. The van der Waals surface area contributed by atoms with Crippen LogP contribution in [0, 0.1) is 11.3 Å². The van der Waals surface area contributed by atoms with Gasteiger partial charge >= 0.3 is 0 Å². The van der Waals surface area contributed by atoms with Crippen molar-refractivity contribution >= 4 is 11.6 Å². The maximum atomic E-state index is 6.09. The molecule has 0 amide bonds. The lowest BCUT2D eigenvalue weighted by Gasteiger charge is -2.38. The Balaban J connectivity index is 2.32. The Kier molecular flexibility index (Phi) is 5.99. The van der Waals surface area contributed by atoms with Gasteiger partial charge in [0.15, 0.2) is 0 Å². The number of halogens is 1. The second kappa shape index (κ2) is 6.75. The summed E-state index contributed by atoms with van der Waals surface area (Å²) in [5.41, 5.74) is 0.291. The van der Waals surface area contributed by atoms with Gasteiger partial charge in [-0.2, -0.15) is 0 Å². The van der Waals surface area contributed by atoms with Gasteiger partial charge in [-0.15, -0.1) is 11.6 Å². The highest BCUT2D eigenvalue weighted by atomic mass is 35.5. The molecule has 0 spiro atoms. The molecule has 2 heteroatoms. The number of hydrogen-bond acceptors (Lipinski definition) is 1. The van der Waals surface area contributed by atoms with E-state index in [1.165, 1.54) is 44.9 Å². The molecular formula is C13H25ClO. The molecule has 0 radical (unpaired) electrons. The summed E-state index contributed by atoms with van der Waals surface area (Å²) in [6.45, 7) is 3.12. The van der Waals surface area contributed by atoms with Crippen molar-refractivity contribution in [2.24, 2.45) is 11.3 Å². The highest BCUT2D eigenvalue weighted by molar-refractivity contribution is 6.18. The van der Waals surface area contributed by atoms with Crippen molar-refractivity contribution in [2.75, 3.05) is 19.6 Å². The zero-order valence-corrected chi connectivity index (χ0v) is 11.0. The summed E-state index contributed by atoms with van der Waals surface area (Å²) < 4.78 is 5.31. The lowest BCUT2D eigenvalue weighted by Crippen LogP contribution is -2.33. The predicted octanol–water partition coefficient (Wildman–Crippen LogP) is 4.24. The molecule has 0 aliphatic heterocycles. The molecule has 15 heavy (non-hydrogen) atoms. The van der Waals surface area contributed by atoms with Gasteiger partial charge < -0.3 is 4.74 Å². The van der Waals surface area contributed by atoms with E-state index in [0.29, 0.717) is 5.41 Å². The Morgan fingerprint density at radius 1 is 1.33 bits per heavy atom. The van der Waals surface area contributed by atoms with Gasteiger partial charge in [0.05, 0.1) is 6.61 Å². The molecule has 1 saturated carbocycles. The first-order chi connectivity index (χ1) is 7.26. The van der Waals surface area contributed by atoms with Crippen LogP contribution in [0.4, 0.5) is 0 Å².